The van der Waals surface area contributed by atoms with Gasteiger partial charge in [0.15, 0.2) is 5.82 Å². The zero-order chi connectivity index (χ0) is 21.3. The molecule has 3 heterocycles. The number of aromatic nitrogens is 4. The first-order valence-corrected chi connectivity index (χ1v) is 10.2. The van der Waals surface area contributed by atoms with Crippen molar-refractivity contribution in [2.45, 2.75) is 13.3 Å². The quantitative estimate of drug-likeness (QED) is 0.439. The fraction of sp³-hybridized carbons (Fsp3) is 0.318. The van der Waals surface area contributed by atoms with Crippen molar-refractivity contribution in [3.63, 3.8) is 0 Å². The molecule has 0 radical (unpaired) electrons. The van der Waals surface area contributed by atoms with Crippen LogP contribution in [-0.4, -0.2) is 59.1 Å². The number of hydrogen-bond donors (Lipinski definition) is 1. The van der Waals surface area contributed by atoms with Crippen molar-refractivity contribution in [1.82, 2.24) is 19.9 Å². The highest BCUT2D eigenvalue weighted by molar-refractivity contribution is 5.75. The molecule has 1 saturated heterocycles. The molecule has 1 aliphatic rings. The topological polar surface area (TPSA) is 97.7 Å². The van der Waals surface area contributed by atoms with Crippen molar-refractivity contribution < 1.29 is 9.47 Å². The normalized spacial score (nSPS) is 14.0. The molecule has 9 nitrogen and oxygen atoms in total. The molecule has 3 aromatic rings. The zero-order valence-corrected chi connectivity index (χ0v) is 17.4. The van der Waals surface area contributed by atoms with Crippen LogP contribution in [0.4, 0.5) is 11.6 Å². The molecule has 0 spiro atoms. The fourth-order valence-electron chi connectivity index (χ4n) is 3.06. The van der Waals surface area contributed by atoms with Gasteiger partial charge in [-0.3, -0.25) is 10.4 Å². The first-order chi connectivity index (χ1) is 15.3. The summed E-state index contributed by atoms with van der Waals surface area (Å²) in [7, 11) is 0. The third-order valence-electron chi connectivity index (χ3n) is 4.62. The van der Waals surface area contributed by atoms with Crippen molar-refractivity contribution in [2.24, 2.45) is 5.10 Å². The first kappa shape index (κ1) is 20.7. The lowest BCUT2D eigenvalue weighted by molar-refractivity contribution is 0.122. The molecule has 0 bridgehead atoms. The Bertz CT molecular complexity index is 1010. The van der Waals surface area contributed by atoms with E-state index in [9.17, 15) is 0 Å². The van der Waals surface area contributed by atoms with Crippen molar-refractivity contribution in [3.05, 3.63) is 65.7 Å². The monoisotopic (exact) mass is 419 g/mol. The molecule has 0 atom stereocenters. The second kappa shape index (κ2) is 10.4. The van der Waals surface area contributed by atoms with E-state index in [-0.39, 0.29) is 6.01 Å². The molecule has 160 valence electrons. The van der Waals surface area contributed by atoms with Gasteiger partial charge in [-0.25, -0.2) is 0 Å². The lowest BCUT2D eigenvalue weighted by atomic mass is 10.2. The Kier molecular flexibility index (Phi) is 6.96. The summed E-state index contributed by atoms with van der Waals surface area (Å²) < 4.78 is 11.3. The van der Waals surface area contributed by atoms with Crippen molar-refractivity contribution in [3.8, 4) is 6.01 Å². The number of hydrogen-bond acceptors (Lipinski definition) is 9. The Hall–Kier alpha value is -3.59. The van der Waals surface area contributed by atoms with Gasteiger partial charge in [0.2, 0.25) is 5.95 Å². The summed E-state index contributed by atoms with van der Waals surface area (Å²) in [5.41, 5.74) is 6.00. The largest absolute Gasteiger partial charge is 0.463 e. The SMILES string of the molecule is Cc1cccc(NN=Cc2nc(OCCc3ccccn3)nc(N3CCOCC3)n2)c1. The molecule has 0 saturated carbocycles. The van der Waals surface area contributed by atoms with E-state index < -0.39 is 0 Å². The predicted octanol–water partition coefficient (Wildman–Crippen LogP) is 2.48. The van der Waals surface area contributed by atoms with Crippen LogP contribution in [0.5, 0.6) is 6.01 Å². The predicted molar refractivity (Wildman–Crippen MR) is 119 cm³/mol. The number of ether oxygens (including phenoxy) is 2. The van der Waals surface area contributed by atoms with Gasteiger partial charge in [0.1, 0.15) is 0 Å². The minimum Gasteiger partial charge on any atom is -0.463 e. The smallest absolute Gasteiger partial charge is 0.321 e. The van der Waals surface area contributed by atoms with E-state index in [1.54, 1.807) is 12.4 Å². The van der Waals surface area contributed by atoms with Crippen molar-refractivity contribution >= 4 is 17.9 Å². The maximum absolute atomic E-state index is 5.82. The summed E-state index contributed by atoms with van der Waals surface area (Å²) in [6.07, 6.45) is 4.00. The number of benzene rings is 1. The average Bonchev–Trinajstić information content (AvgIpc) is 2.80. The van der Waals surface area contributed by atoms with Crippen LogP contribution in [-0.2, 0) is 11.2 Å². The molecule has 31 heavy (non-hydrogen) atoms. The summed E-state index contributed by atoms with van der Waals surface area (Å²) in [6, 6.07) is 14.0. The van der Waals surface area contributed by atoms with Gasteiger partial charge in [-0.15, -0.1) is 0 Å². The Labute approximate surface area is 181 Å². The van der Waals surface area contributed by atoms with Crippen LogP contribution in [0.25, 0.3) is 0 Å². The Morgan fingerprint density at radius 1 is 1.13 bits per heavy atom. The molecule has 4 rings (SSSR count). The molecule has 1 aromatic carbocycles. The number of pyridine rings is 1. The van der Waals surface area contributed by atoms with Crippen molar-refractivity contribution in [1.29, 1.82) is 0 Å². The van der Waals surface area contributed by atoms with E-state index in [2.05, 4.69) is 35.4 Å². The molecular weight excluding hydrogens is 394 g/mol. The first-order valence-electron chi connectivity index (χ1n) is 10.2. The number of morpholine rings is 1. The Balaban J connectivity index is 1.47. The molecule has 1 aliphatic heterocycles. The number of anilines is 2. The minimum atomic E-state index is 0.268. The van der Waals surface area contributed by atoms with Gasteiger partial charge in [0.25, 0.3) is 0 Å². The van der Waals surface area contributed by atoms with Crippen LogP contribution >= 0.6 is 0 Å². The fourth-order valence-corrected chi connectivity index (χ4v) is 3.06. The van der Waals surface area contributed by atoms with E-state index in [4.69, 9.17) is 9.47 Å². The number of hydrazone groups is 1. The molecule has 1 fully saturated rings. The second-order valence-corrected chi connectivity index (χ2v) is 7.03. The van der Waals surface area contributed by atoms with E-state index in [1.165, 1.54) is 0 Å². The molecule has 0 unspecified atom stereocenters. The standard InChI is InChI=1S/C22H25N7O2/c1-17-5-4-7-19(15-17)28-24-16-20-25-21(29-10-13-30-14-11-29)27-22(26-20)31-12-8-18-6-2-3-9-23-18/h2-7,9,15-16,28H,8,10-14H2,1H3. The van der Waals surface area contributed by atoms with E-state index in [0.29, 0.717) is 38.0 Å². The third-order valence-corrected chi connectivity index (χ3v) is 4.62. The van der Waals surface area contributed by atoms with E-state index in [0.717, 1.165) is 30.0 Å². The van der Waals surface area contributed by atoms with Crippen LogP contribution in [0, 0.1) is 6.92 Å². The maximum atomic E-state index is 5.82. The lowest BCUT2D eigenvalue weighted by Crippen LogP contribution is -2.37. The zero-order valence-electron chi connectivity index (χ0n) is 17.4. The summed E-state index contributed by atoms with van der Waals surface area (Å²) in [5.74, 6) is 0.979. The highest BCUT2D eigenvalue weighted by Gasteiger charge is 2.16. The molecule has 2 aromatic heterocycles. The molecule has 9 heteroatoms. The average molecular weight is 419 g/mol. The highest BCUT2D eigenvalue weighted by atomic mass is 16.5. The minimum absolute atomic E-state index is 0.268. The number of nitrogens with zero attached hydrogens (tertiary/aromatic N) is 6. The van der Waals surface area contributed by atoms with Crippen LogP contribution in [0.15, 0.2) is 53.8 Å². The molecule has 0 aliphatic carbocycles. The third kappa shape index (κ3) is 6.19. The van der Waals surface area contributed by atoms with Crippen LogP contribution in [0.3, 0.4) is 0 Å². The summed E-state index contributed by atoms with van der Waals surface area (Å²) >= 11 is 0. The van der Waals surface area contributed by atoms with E-state index >= 15 is 0 Å². The lowest BCUT2D eigenvalue weighted by Gasteiger charge is -2.26. The number of nitrogens with one attached hydrogen (secondary N) is 1. The maximum Gasteiger partial charge on any atom is 0.321 e. The van der Waals surface area contributed by atoms with Crippen LogP contribution in [0.1, 0.15) is 17.1 Å². The summed E-state index contributed by atoms with van der Waals surface area (Å²) in [5, 5.41) is 4.27. The Morgan fingerprint density at radius 3 is 2.84 bits per heavy atom. The van der Waals surface area contributed by atoms with Gasteiger partial charge >= 0.3 is 6.01 Å². The van der Waals surface area contributed by atoms with Gasteiger partial charge in [-0.2, -0.15) is 20.1 Å². The second-order valence-electron chi connectivity index (χ2n) is 7.03. The highest BCUT2D eigenvalue weighted by Crippen LogP contribution is 2.14. The van der Waals surface area contributed by atoms with Gasteiger partial charge in [-0.1, -0.05) is 18.2 Å². The van der Waals surface area contributed by atoms with Crippen molar-refractivity contribution in [2.75, 3.05) is 43.2 Å². The van der Waals surface area contributed by atoms with E-state index in [1.807, 2.05) is 49.4 Å². The molecule has 0 amide bonds. The number of aryl methyl sites for hydroxylation is 1. The van der Waals surface area contributed by atoms with Gasteiger partial charge in [0.05, 0.1) is 31.7 Å². The Morgan fingerprint density at radius 2 is 2.03 bits per heavy atom. The number of rotatable bonds is 8. The van der Waals surface area contributed by atoms with Crippen LogP contribution in [0.2, 0.25) is 0 Å². The van der Waals surface area contributed by atoms with Gasteiger partial charge < -0.3 is 14.4 Å². The molecular formula is C22H25N7O2. The molecule has 1 N–H and O–H groups in total. The summed E-state index contributed by atoms with van der Waals surface area (Å²) in [6.45, 7) is 5.16. The van der Waals surface area contributed by atoms with Gasteiger partial charge in [0, 0.05) is 31.4 Å². The summed E-state index contributed by atoms with van der Waals surface area (Å²) in [4.78, 5) is 19.8. The van der Waals surface area contributed by atoms with Crippen LogP contribution < -0.4 is 15.1 Å². The van der Waals surface area contributed by atoms with Gasteiger partial charge in [-0.05, 0) is 36.8 Å².